The standard InChI is InChI=1S/C14H13ClN2O3/c1-8-5-9(7-16-13(8)15)17-14(19)11-4-3-10(20-2)6-12(11)18/h3-7,18H,1-2H3,(H,17,19). The Labute approximate surface area is 121 Å². The van der Waals surface area contributed by atoms with Crippen LogP contribution < -0.4 is 10.1 Å². The van der Waals surface area contributed by atoms with Crippen LogP contribution in [0.15, 0.2) is 30.5 Å². The van der Waals surface area contributed by atoms with E-state index in [9.17, 15) is 9.90 Å². The summed E-state index contributed by atoms with van der Waals surface area (Å²) in [7, 11) is 1.48. The molecule has 6 heteroatoms. The number of aromatic nitrogens is 1. The number of pyridine rings is 1. The number of halogens is 1. The van der Waals surface area contributed by atoms with Gasteiger partial charge in [0.05, 0.1) is 24.6 Å². The first-order chi connectivity index (χ1) is 9.51. The quantitative estimate of drug-likeness (QED) is 0.853. The first-order valence-corrected chi connectivity index (χ1v) is 6.19. The van der Waals surface area contributed by atoms with Crippen molar-refractivity contribution in [2.24, 2.45) is 0 Å². The zero-order chi connectivity index (χ0) is 14.7. The number of ether oxygens (including phenoxy) is 1. The van der Waals surface area contributed by atoms with E-state index in [1.807, 2.05) is 0 Å². The van der Waals surface area contributed by atoms with Gasteiger partial charge in [0.15, 0.2) is 0 Å². The van der Waals surface area contributed by atoms with E-state index >= 15 is 0 Å². The highest BCUT2D eigenvalue weighted by atomic mass is 35.5. The third-order valence-corrected chi connectivity index (χ3v) is 3.12. The number of amides is 1. The smallest absolute Gasteiger partial charge is 0.259 e. The minimum atomic E-state index is -0.436. The number of methoxy groups -OCH3 is 1. The van der Waals surface area contributed by atoms with E-state index < -0.39 is 5.91 Å². The molecule has 0 aliphatic rings. The lowest BCUT2D eigenvalue weighted by Gasteiger charge is -2.08. The van der Waals surface area contributed by atoms with E-state index in [1.54, 1.807) is 19.1 Å². The second-order valence-corrected chi connectivity index (χ2v) is 4.53. The molecule has 104 valence electrons. The maximum atomic E-state index is 12.1. The molecule has 0 radical (unpaired) electrons. The normalized spacial score (nSPS) is 10.2. The average molecular weight is 293 g/mol. The second kappa shape index (κ2) is 5.79. The highest BCUT2D eigenvalue weighted by Gasteiger charge is 2.12. The van der Waals surface area contributed by atoms with Crippen molar-refractivity contribution < 1.29 is 14.6 Å². The molecule has 2 aromatic rings. The van der Waals surface area contributed by atoms with Crippen LogP contribution in [0, 0.1) is 6.92 Å². The fourth-order valence-electron chi connectivity index (χ4n) is 1.66. The number of rotatable bonds is 3. The van der Waals surface area contributed by atoms with Gasteiger partial charge in [0.25, 0.3) is 5.91 Å². The Hall–Kier alpha value is -2.27. The van der Waals surface area contributed by atoms with Crippen molar-refractivity contribution in [3.8, 4) is 11.5 Å². The van der Waals surface area contributed by atoms with E-state index in [1.165, 1.54) is 25.4 Å². The molecule has 1 amide bonds. The first-order valence-electron chi connectivity index (χ1n) is 5.81. The molecule has 1 aromatic carbocycles. The topological polar surface area (TPSA) is 71.5 Å². The van der Waals surface area contributed by atoms with Crippen LogP contribution >= 0.6 is 11.6 Å². The molecular weight excluding hydrogens is 280 g/mol. The number of benzene rings is 1. The van der Waals surface area contributed by atoms with Crippen molar-refractivity contribution in [3.05, 3.63) is 46.7 Å². The van der Waals surface area contributed by atoms with Gasteiger partial charge >= 0.3 is 0 Å². The molecule has 0 saturated heterocycles. The predicted octanol–water partition coefficient (Wildman–Crippen LogP) is 3.01. The molecule has 0 fully saturated rings. The Kier molecular flexibility index (Phi) is 4.10. The number of carbonyl (C=O) groups is 1. The molecule has 0 aliphatic carbocycles. The lowest BCUT2D eigenvalue weighted by atomic mass is 10.1. The molecule has 5 nitrogen and oxygen atoms in total. The number of phenolic OH excluding ortho intramolecular Hbond substituents is 1. The molecule has 0 bridgehead atoms. The zero-order valence-electron chi connectivity index (χ0n) is 11.0. The summed E-state index contributed by atoms with van der Waals surface area (Å²) in [6, 6.07) is 6.16. The van der Waals surface area contributed by atoms with Gasteiger partial charge in [-0.05, 0) is 30.7 Å². The number of carbonyl (C=O) groups excluding carboxylic acids is 1. The van der Waals surface area contributed by atoms with Gasteiger partial charge in [-0.2, -0.15) is 0 Å². The van der Waals surface area contributed by atoms with E-state index in [4.69, 9.17) is 16.3 Å². The summed E-state index contributed by atoms with van der Waals surface area (Å²) in [5.41, 5.74) is 1.41. The summed E-state index contributed by atoms with van der Waals surface area (Å²) in [4.78, 5) is 16.0. The summed E-state index contributed by atoms with van der Waals surface area (Å²) in [5.74, 6) is -0.114. The molecule has 0 aliphatic heterocycles. The van der Waals surface area contributed by atoms with Crippen LogP contribution in [0.3, 0.4) is 0 Å². The minimum Gasteiger partial charge on any atom is -0.507 e. The van der Waals surface area contributed by atoms with Gasteiger partial charge in [-0.25, -0.2) is 4.98 Å². The summed E-state index contributed by atoms with van der Waals surface area (Å²) in [5, 5.41) is 12.8. The third kappa shape index (κ3) is 3.00. The highest BCUT2D eigenvalue weighted by molar-refractivity contribution is 6.30. The maximum Gasteiger partial charge on any atom is 0.259 e. The molecule has 0 spiro atoms. The number of phenols is 1. The maximum absolute atomic E-state index is 12.1. The van der Waals surface area contributed by atoms with Crippen molar-refractivity contribution in [1.29, 1.82) is 0 Å². The van der Waals surface area contributed by atoms with Crippen molar-refractivity contribution in [1.82, 2.24) is 4.98 Å². The fraction of sp³-hybridized carbons (Fsp3) is 0.143. The van der Waals surface area contributed by atoms with E-state index in [-0.39, 0.29) is 11.3 Å². The lowest BCUT2D eigenvalue weighted by Crippen LogP contribution is -2.12. The van der Waals surface area contributed by atoms with E-state index in [2.05, 4.69) is 10.3 Å². The average Bonchev–Trinajstić information content (AvgIpc) is 2.42. The molecule has 2 N–H and O–H groups in total. The molecule has 1 heterocycles. The van der Waals surface area contributed by atoms with Crippen LogP contribution in [0.5, 0.6) is 11.5 Å². The summed E-state index contributed by atoms with van der Waals surface area (Å²) < 4.78 is 4.96. The minimum absolute atomic E-state index is 0.151. The fourth-order valence-corrected chi connectivity index (χ4v) is 1.76. The number of anilines is 1. The lowest BCUT2D eigenvalue weighted by molar-refractivity contribution is 0.102. The van der Waals surface area contributed by atoms with Gasteiger partial charge < -0.3 is 15.2 Å². The Balaban J connectivity index is 2.21. The van der Waals surface area contributed by atoms with Gasteiger partial charge in [0.2, 0.25) is 0 Å². The number of nitrogens with zero attached hydrogens (tertiary/aromatic N) is 1. The van der Waals surface area contributed by atoms with Crippen molar-refractivity contribution >= 4 is 23.2 Å². The Morgan fingerprint density at radius 3 is 2.75 bits per heavy atom. The van der Waals surface area contributed by atoms with Gasteiger partial charge in [-0.1, -0.05) is 11.6 Å². The van der Waals surface area contributed by atoms with Crippen molar-refractivity contribution in [2.75, 3.05) is 12.4 Å². The van der Waals surface area contributed by atoms with Crippen LogP contribution in [0.2, 0.25) is 5.15 Å². The van der Waals surface area contributed by atoms with Gasteiger partial charge in [-0.3, -0.25) is 4.79 Å². The molecule has 0 atom stereocenters. The number of aryl methyl sites for hydroxylation is 1. The van der Waals surface area contributed by atoms with E-state index in [0.29, 0.717) is 16.6 Å². The van der Waals surface area contributed by atoms with Crippen LogP contribution in [0.25, 0.3) is 0 Å². The number of hydrogen-bond donors (Lipinski definition) is 2. The Morgan fingerprint density at radius 1 is 1.40 bits per heavy atom. The molecule has 0 saturated carbocycles. The van der Waals surface area contributed by atoms with Crippen LogP contribution in [0.4, 0.5) is 5.69 Å². The Morgan fingerprint density at radius 2 is 2.15 bits per heavy atom. The number of aromatic hydroxyl groups is 1. The third-order valence-electron chi connectivity index (χ3n) is 2.72. The first kappa shape index (κ1) is 14.1. The predicted molar refractivity (Wildman–Crippen MR) is 76.6 cm³/mol. The summed E-state index contributed by atoms with van der Waals surface area (Å²) in [6.07, 6.45) is 1.45. The molecule has 0 unspecified atom stereocenters. The zero-order valence-corrected chi connectivity index (χ0v) is 11.7. The molecule has 1 aromatic heterocycles. The highest BCUT2D eigenvalue weighted by Crippen LogP contribution is 2.24. The largest absolute Gasteiger partial charge is 0.507 e. The van der Waals surface area contributed by atoms with Crippen molar-refractivity contribution in [3.63, 3.8) is 0 Å². The molecular formula is C14H13ClN2O3. The monoisotopic (exact) mass is 292 g/mol. The van der Waals surface area contributed by atoms with Gasteiger partial charge in [0, 0.05) is 6.07 Å². The SMILES string of the molecule is COc1ccc(C(=O)Nc2cnc(Cl)c(C)c2)c(O)c1. The van der Waals surface area contributed by atoms with Crippen LogP contribution in [-0.2, 0) is 0 Å². The molecule has 20 heavy (non-hydrogen) atoms. The molecule has 2 rings (SSSR count). The summed E-state index contributed by atoms with van der Waals surface area (Å²) in [6.45, 7) is 1.79. The van der Waals surface area contributed by atoms with E-state index in [0.717, 1.165) is 5.56 Å². The summed E-state index contributed by atoms with van der Waals surface area (Å²) >= 11 is 5.82. The van der Waals surface area contributed by atoms with Gasteiger partial charge in [0.1, 0.15) is 16.7 Å². The Bertz CT molecular complexity index is 659. The van der Waals surface area contributed by atoms with Gasteiger partial charge in [-0.15, -0.1) is 0 Å². The van der Waals surface area contributed by atoms with Crippen LogP contribution in [-0.4, -0.2) is 23.1 Å². The number of hydrogen-bond acceptors (Lipinski definition) is 4. The van der Waals surface area contributed by atoms with Crippen molar-refractivity contribution in [2.45, 2.75) is 6.92 Å². The second-order valence-electron chi connectivity index (χ2n) is 4.17. The van der Waals surface area contributed by atoms with Crippen LogP contribution in [0.1, 0.15) is 15.9 Å². The number of nitrogens with one attached hydrogen (secondary N) is 1.